The van der Waals surface area contributed by atoms with Crippen molar-refractivity contribution >= 4 is 56.5 Å². The molecule has 3 aromatic heterocycles. The first-order valence-corrected chi connectivity index (χ1v) is 11.6. The summed E-state index contributed by atoms with van der Waals surface area (Å²) in [6, 6.07) is 3.67. The fourth-order valence-corrected chi connectivity index (χ4v) is 5.30. The van der Waals surface area contributed by atoms with Crippen LogP contribution in [0.1, 0.15) is 45.2 Å². The number of esters is 2. The maximum absolute atomic E-state index is 12.4. The van der Waals surface area contributed by atoms with Crippen LogP contribution < -0.4 is 11.1 Å². The van der Waals surface area contributed by atoms with Gasteiger partial charge in [0.25, 0.3) is 0 Å². The molecule has 0 amide bonds. The van der Waals surface area contributed by atoms with E-state index in [4.69, 9.17) is 19.6 Å². The Morgan fingerprint density at radius 1 is 1.20 bits per heavy atom. The number of anilines is 2. The third-order valence-corrected chi connectivity index (χ3v) is 6.80. The first-order chi connectivity index (χ1) is 14.5. The molecule has 160 valence electrons. The second-order valence-corrected chi connectivity index (χ2v) is 8.94. The van der Waals surface area contributed by atoms with Gasteiger partial charge in [-0.05, 0) is 26.0 Å². The molecule has 0 saturated carbocycles. The predicted molar refractivity (Wildman–Crippen MR) is 116 cm³/mol. The van der Waals surface area contributed by atoms with Crippen LogP contribution in [0.15, 0.2) is 27.2 Å². The molecule has 0 aliphatic heterocycles. The summed E-state index contributed by atoms with van der Waals surface area (Å²) in [5.41, 5.74) is 6.72. The van der Waals surface area contributed by atoms with Gasteiger partial charge in [-0.1, -0.05) is 23.1 Å². The fourth-order valence-electron chi connectivity index (χ4n) is 2.46. The summed E-state index contributed by atoms with van der Waals surface area (Å²) in [6.45, 7) is 4.34. The van der Waals surface area contributed by atoms with E-state index < -0.39 is 11.9 Å². The number of hydrogen-bond acceptors (Lipinski definition) is 12. The van der Waals surface area contributed by atoms with E-state index in [-0.39, 0.29) is 23.8 Å². The van der Waals surface area contributed by atoms with Crippen molar-refractivity contribution in [3.63, 3.8) is 0 Å². The highest BCUT2D eigenvalue weighted by Gasteiger charge is 2.28. The average molecular weight is 469 g/mol. The Bertz CT molecular complexity index is 1000. The van der Waals surface area contributed by atoms with Crippen molar-refractivity contribution in [3.05, 3.63) is 40.2 Å². The maximum atomic E-state index is 12.4. The fraction of sp³-hybridized carbons (Fsp3) is 0.333. The molecular weight excluding hydrogens is 448 g/mol. The van der Waals surface area contributed by atoms with Gasteiger partial charge in [0.2, 0.25) is 5.13 Å². The number of nitrogens with zero attached hydrogens (tertiary/aromatic N) is 2. The molecule has 0 fully saturated rings. The van der Waals surface area contributed by atoms with Crippen molar-refractivity contribution in [3.8, 4) is 0 Å². The van der Waals surface area contributed by atoms with Crippen LogP contribution in [0.25, 0.3) is 0 Å². The van der Waals surface area contributed by atoms with Crippen LogP contribution in [0.4, 0.5) is 10.1 Å². The number of aromatic nitrogens is 2. The standard InChI is InChI=1S/C18H20N4O5S3/c1-3-25-15(23)12-11(13(29-14(12)19)16(24)26-4-2)9-28-18-22-21-17(30-18)20-8-10-6-5-7-27-10/h5-7H,3-4,8-9,19H2,1-2H3,(H,20,21). The molecule has 3 rings (SSSR count). The van der Waals surface area contributed by atoms with Crippen LogP contribution in [-0.2, 0) is 21.8 Å². The van der Waals surface area contributed by atoms with E-state index in [1.54, 1.807) is 20.1 Å². The number of thiophene rings is 1. The quantitative estimate of drug-likeness (QED) is 0.332. The van der Waals surface area contributed by atoms with E-state index in [1.807, 2.05) is 12.1 Å². The Morgan fingerprint density at radius 2 is 1.97 bits per heavy atom. The second-order valence-electron chi connectivity index (χ2n) is 5.68. The highest BCUT2D eigenvalue weighted by Crippen LogP contribution is 2.37. The van der Waals surface area contributed by atoms with Crippen LogP contribution in [0, 0.1) is 0 Å². The Morgan fingerprint density at radius 3 is 2.67 bits per heavy atom. The number of rotatable bonds is 10. The second kappa shape index (κ2) is 10.5. The molecule has 0 atom stereocenters. The van der Waals surface area contributed by atoms with Gasteiger partial charge in [-0.25, -0.2) is 9.59 Å². The van der Waals surface area contributed by atoms with E-state index in [1.165, 1.54) is 23.1 Å². The van der Waals surface area contributed by atoms with Gasteiger partial charge >= 0.3 is 11.9 Å². The zero-order valence-corrected chi connectivity index (χ0v) is 18.7. The van der Waals surface area contributed by atoms with Crippen molar-refractivity contribution < 1.29 is 23.5 Å². The molecule has 0 unspecified atom stereocenters. The number of furan rings is 1. The maximum Gasteiger partial charge on any atom is 0.348 e. The molecule has 0 radical (unpaired) electrons. The van der Waals surface area contributed by atoms with Crippen molar-refractivity contribution in [2.75, 3.05) is 24.3 Å². The summed E-state index contributed by atoms with van der Waals surface area (Å²) in [7, 11) is 0. The number of nitrogens with two attached hydrogens (primary N) is 1. The number of thioether (sulfide) groups is 1. The van der Waals surface area contributed by atoms with E-state index >= 15 is 0 Å². The molecular formula is C18H20N4O5S3. The summed E-state index contributed by atoms with van der Waals surface area (Å²) in [6.07, 6.45) is 1.60. The largest absolute Gasteiger partial charge is 0.467 e. The molecule has 0 bridgehead atoms. The zero-order chi connectivity index (χ0) is 21.5. The third kappa shape index (κ3) is 5.32. The summed E-state index contributed by atoms with van der Waals surface area (Å²) < 4.78 is 16.2. The minimum absolute atomic E-state index is 0.205. The van der Waals surface area contributed by atoms with Crippen molar-refractivity contribution in [1.29, 1.82) is 0 Å². The van der Waals surface area contributed by atoms with E-state index in [9.17, 15) is 9.59 Å². The zero-order valence-electron chi connectivity index (χ0n) is 16.3. The lowest BCUT2D eigenvalue weighted by atomic mass is 10.1. The Hall–Kier alpha value is -2.57. The van der Waals surface area contributed by atoms with Gasteiger partial charge in [0.05, 0.1) is 31.6 Å². The highest BCUT2D eigenvalue weighted by atomic mass is 32.2. The summed E-state index contributed by atoms with van der Waals surface area (Å²) in [4.78, 5) is 25.0. The predicted octanol–water partition coefficient (Wildman–Crippen LogP) is 4.03. The van der Waals surface area contributed by atoms with E-state index in [2.05, 4.69) is 15.5 Å². The van der Waals surface area contributed by atoms with E-state index in [0.717, 1.165) is 17.1 Å². The summed E-state index contributed by atoms with van der Waals surface area (Å²) in [5, 5.41) is 12.2. The Balaban J connectivity index is 1.74. The molecule has 0 aliphatic carbocycles. The van der Waals surface area contributed by atoms with Gasteiger partial charge < -0.3 is 24.9 Å². The van der Waals surface area contributed by atoms with Gasteiger partial charge in [0, 0.05) is 11.3 Å². The summed E-state index contributed by atoms with van der Waals surface area (Å²) >= 11 is 3.73. The molecule has 3 heterocycles. The van der Waals surface area contributed by atoms with Gasteiger partial charge in [-0.3, -0.25) is 0 Å². The number of nitrogen functional groups attached to an aromatic ring is 1. The van der Waals surface area contributed by atoms with Crippen LogP contribution in [-0.4, -0.2) is 35.3 Å². The molecule has 9 nitrogen and oxygen atoms in total. The number of hydrogen-bond donors (Lipinski definition) is 2. The van der Waals surface area contributed by atoms with E-state index in [0.29, 0.717) is 32.2 Å². The van der Waals surface area contributed by atoms with Crippen LogP contribution in [0.5, 0.6) is 0 Å². The molecule has 0 aromatic carbocycles. The highest BCUT2D eigenvalue weighted by molar-refractivity contribution is 8.00. The SMILES string of the molecule is CCOC(=O)c1sc(N)c(C(=O)OCC)c1CSc1nnc(NCc2ccco2)s1. The lowest BCUT2D eigenvalue weighted by Gasteiger charge is -2.06. The first kappa shape index (κ1) is 22.1. The van der Waals surface area contributed by atoms with Crippen molar-refractivity contribution in [2.45, 2.75) is 30.5 Å². The molecule has 12 heteroatoms. The number of nitrogens with one attached hydrogen (secondary N) is 1. The summed E-state index contributed by atoms with van der Waals surface area (Å²) in [5.74, 6) is 0.00297. The monoisotopic (exact) mass is 468 g/mol. The van der Waals surface area contributed by atoms with Gasteiger partial charge in [-0.15, -0.1) is 21.5 Å². The Kier molecular flexibility index (Phi) is 7.71. The normalized spacial score (nSPS) is 10.7. The van der Waals surface area contributed by atoms with Gasteiger partial charge in [-0.2, -0.15) is 0 Å². The lowest BCUT2D eigenvalue weighted by Crippen LogP contribution is -2.10. The molecule has 0 spiro atoms. The van der Waals surface area contributed by atoms with Crippen LogP contribution in [0.2, 0.25) is 0 Å². The molecule has 0 saturated heterocycles. The minimum atomic E-state index is -0.560. The Labute approximate surface area is 185 Å². The average Bonchev–Trinajstić information content (AvgIpc) is 3.45. The first-order valence-electron chi connectivity index (χ1n) is 9.01. The molecule has 30 heavy (non-hydrogen) atoms. The van der Waals surface area contributed by atoms with Gasteiger partial charge in [0.15, 0.2) is 4.34 Å². The van der Waals surface area contributed by atoms with Crippen molar-refractivity contribution in [2.24, 2.45) is 0 Å². The topological polar surface area (TPSA) is 130 Å². The van der Waals surface area contributed by atoms with Crippen LogP contribution in [0.3, 0.4) is 0 Å². The minimum Gasteiger partial charge on any atom is -0.467 e. The van der Waals surface area contributed by atoms with Crippen molar-refractivity contribution in [1.82, 2.24) is 10.2 Å². The smallest absolute Gasteiger partial charge is 0.348 e. The third-order valence-electron chi connectivity index (χ3n) is 3.72. The molecule has 3 N–H and O–H groups in total. The lowest BCUT2D eigenvalue weighted by molar-refractivity contribution is 0.0527. The van der Waals surface area contributed by atoms with Gasteiger partial charge in [0.1, 0.15) is 15.6 Å². The molecule has 3 aromatic rings. The number of carbonyl (C=O) groups is 2. The number of ether oxygens (including phenoxy) is 2. The number of carbonyl (C=O) groups excluding carboxylic acids is 2. The van der Waals surface area contributed by atoms with Crippen LogP contribution >= 0.6 is 34.4 Å². The molecule has 0 aliphatic rings.